The van der Waals surface area contributed by atoms with E-state index in [1.54, 1.807) is 0 Å². The molecule has 0 unspecified atom stereocenters. The minimum Gasteiger partial charge on any atom is -0.207 e. The maximum Gasteiger partial charge on any atom is 0.243 e. The highest BCUT2D eigenvalue weighted by atomic mass is 79.9. The van der Waals surface area contributed by atoms with Crippen LogP contribution in [0.5, 0.6) is 0 Å². The van der Waals surface area contributed by atoms with Crippen molar-refractivity contribution in [1.82, 2.24) is 4.31 Å². The van der Waals surface area contributed by atoms with Gasteiger partial charge in [0.05, 0.1) is 22.1 Å². The van der Waals surface area contributed by atoms with Gasteiger partial charge in [0.15, 0.2) is 0 Å². The van der Waals surface area contributed by atoms with E-state index in [-0.39, 0.29) is 30.8 Å². The smallest absolute Gasteiger partial charge is 0.207 e. The summed E-state index contributed by atoms with van der Waals surface area (Å²) in [5.74, 6) is 0. The van der Waals surface area contributed by atoms with E-state index in [4.69, 9.17) is 22.1 Å². The van der Waals surface area contributed by atoms with Crippen molar-refractivity contribution in [2.24, 2.45) is 0 Å². The molecule has 0 fully saturated rings. The molecule has 0 spiro atoms. The van der Waals surface area contributed by atoms with Crippen LogP contribution in [-0.4, -0.2) is 25.8 Å². The van der Waals surface area contributed by atoms with Crippen LogP contribution in [-0.2, 0) is 10.0 Å². The Bertz CT molecular complexity index is 646. The number of nitrogens with zero attached hydrogens (tertiary/aromatic N) is 3. The van der Waals surface area contributed by atoms with Gasteiger partial charge in [-0.05, 0) is 34.1 Å². The van der Waals surface area contributed by atoms with Crippen LogP contribution in [0.2, 0.25) is 5.02 Å². The Hall–Kier alpha value is -1.12. The summed E-state index contributed by atoms with van der Waals surface area (Å²) >= 11 is 9.01. The van der Waals surface area contributed by atoms with Gasteiger partial charge in [0, 0.05) is 30.4 Å². The zero-order chi connectivity index (χ0) is 15.2. The molecule has 0 aliphatic rings. The molecular weight excluding hydrogens is 366 g/mol. The van der Waals surface area contributed by atoms with Gasteiger partial charge in [-0.2, -0.15) is 14.8 Å². The van der Waals surface area contributed by atoms with Crippen molar-refractivity contribution < 1.29 is 8.42 Å². The lowest BCUT2D eigenvalue weighted by Crippen LogP contribution is -2.32. The third kappa shape index (κ3) is 4.19. The lowest BCUT2D eigenvalue weighted by molar-refractivity contribution is 0.425. The van der Waals surface area contributed by atoms with Gasteiger partial charge in [0.2, 0.25) is 10.0 Å². The van der Waals surface area contributed by atoms with Crippen molar-refractivity contribution in [3.8, 4) is 12.1 Å². The van der Waals surface area contributed by atoms with E-state index in [0.717, 1.165) is 4.31 Å². The fourth-order valence-electron chi connectivity index (χ4n) is 1.49. The van der Waals surface area contributed by atoms with Crippen LogP contribution >= 0.6 is 27.5 Å². The fourth-order valence-corrected chi connectivity index (χ4v) is 3.60. The summed E-state index contributed by atoms with van der Waals surface area (Å²) in [4.78, 5) is 0.0738. The van der Waals surface area contributed by atoms with Gasteiger partial charge in [0.1, 0.15) is 0 Å². The summed E-state index contributed by atoms with van der Waals surface area (Å²) < 4.78 is 26.5. The Morgan fingerprint density at radius 3 is 2.20 bits per heavy atom. The van der Waals surface area contributed by atoms with Crippen molar-refractivity contribution in [3.05, 3.63) is 27.7 Å². The Kier molecular flexibility index (Phi) is 6.44. The van der Waals surface area contributed by atoms with Gasteiger partial charge in [-0.15, -0.1) is 0 Å². The first kappa shape index (κ1) is 16.9. The molecule has 0 bridgehead atoms. The topological polar surface area (TPSA) is 85.0 Å². The molecule has 0 amide bonds. The number of halogens is 2. The van der Waals surface area contributed by atoms with E-state index in [9.17, 15) is 8.42 Å². The zero-order valence-corrected chi connectivity index (χ0v) is 13.5. The van der Waals surface area contributed by atoms with E-state index >= 15 is 0 Å². The molecule has 5 nitrogen and oxygen atoms in total. The highest BCUT2D eigenvalue weighted by Gasteiger charge is 2.24. The molecule has 0 radical (unpaired) electrons. The maximum atomic E-state index is 12.5. The molecule has 8 heteroatoms. The van der Waals surface area contributed by atoms with Gasteiger partial charge in [-0.25, -0.2) is 8.42 Å². The lowest BCUT2D eigenvalue weighted by Gasteiger charge is -2.20. The first-order valence-electron chi connectivity index (χ1n) is 5.62. The minimum atomic E-state index is -3.74. The molecule has 1 aromatic carbocycles. The zero-order valence-electron chi connectivity index (χ0n) is 10.4. The second-order valence-corrected chi connectivity index (χ2v) is 7.00. The Morgan fingerprint density at radius 1 is 1.20 bits per heavy atom. The van der Waals surface area contributed by atoms with Gasteiger partial charge in [-0.1, -0.05) is 11.6 Å². The van der Waals surface area contributed by atoms with Crippen molar-refractivity contribution >= 4 is 37.6 Å². The summed E-state index contributed by atoms with van der Waals surface area (Å²) in [6.45, 7) is 0.113. The molecule has 0 N–H and O–H groups in total. The van der Waals surface area contributed by atoms with Crippen LogP contribution in [0.1, 0.15) is 12.8 Å². The Labute approximate surface area is 131 Å². The molecular formula is C12H11BrClN3O2S. The van der Waals surface area contributed by atoms with Crippen LogP contribution < -0.4 is 0 Å². The number of nitriles is 2. The average Bonchev–Trinajstić information content (AvgIpc) is 2.41. The molecule has 0 aromatic heterocycles. The van der Waals surface area contributed by atoms with Crippen molar-refractivity contribution in [1.29, 1.82) is 10.5 Å². The number of sulfonamides is 1. The monoisotopic (exact) mass is 375 g/mol. The van der Waals surface area contributed by atoms with Gasteiger partial charge in [0.25, 0.3) is 0 Å². The minimum absolute atomic E-state index is 0.0563. The summed E-state index contributed by atoms with van der Waals surface area (Å²) in [5, 5.41) is 17.6. The quantitative estimate of drug-likeness (QED) is 0.764. The summed E-state index contributed by atoms with van der Waals surface area (Å²) in [6, 6.07) is 8.08. The fraction of sp³-hybridized carbons (Fsp3) is 0.333. The predicted molar refractivity (Wildman–Crippen MR) is 78.4 cm³/mol. The van der Waals surface area contributed by atoms with Crippen molar-refractivity contribution in [2.75, 3.05) is 13.1 Å². The predicted octanol–water partition coefficient (Wildman–Crippen LogP) is 2.92. The van der Waals surface area contributed by atoms with E-state index in [1.807, 2.05) is 12.1 Å². The van der Waals surface area contributed by atoms with Gasteiger partial charge >= 0.3 is 0 Å². The van der Waals surface area contributed by atoms with Crippen molar-refractivity contribution in [2.45, 2.75) is 17.7 Å². The molecule has 20 heavy (non-hydrogen) atoms. The van der Waals surface area contributed by atoms with Crippen LogP contribution in [0.4, 0.5) is 0 Å². The van der Waals surface area contributed by atoms with E-state index in [0.29, 0.717) is 9.50 Å². The number of hydrogen-bond donors (Lipinski definition) is 0. The molecule has 1 aromatic rings. The summed E-state index contributed by atoms with van der Waals surface area (Å²) in [6.07, 6.45) is 0.138. The Balaban J connectivity index is 3.11. The van der Waals surface area contributed by atoms with Crippen LogP contribution in [0.15, 0.2) is 27.6 Å². The Morgan fingerprint density at radius 2 is 1.75 bits per heavy atom. The molecule has 0 atom stereocenters. The number of benzene rings is 1. The first-order chi connectivity index (χ1) is 9.43. The third-order valence-electron chi connectivity index (χ3n) is 2.47. The maximum absolute atomic E-state index is 12.5. The van der Waals surface area contributed by atoms with Gasteiger partial charge < -0.3 is 0 Å². The SMILES string of the molecule is N#CCCN(CCC#N)S(=O)(=O)c1ccc(Cl)c(Br)c1. The van der Waals surface area contributed by atoms with E-state index in [1.165, 1.54) is 18.2 Å². The highest BCUT2D eigenvalue weighted by Crippen LogP contribution is 2.27. The summed E-state index contributed by atoms with van der Waals surface area (Å²) in [7, 11) is -3.74. The van der Waals surface area contributed by atoms with Crippen molar-refractivity contribution in [3.63, 3.8) is 0 Å². The number of rotatable bonds is 6. The first-order valence-corrected chi connectivity index (χ1v) is 8.23. The lowest BCUT2D eigenvalue weighted by atomic mass is 10.4. The standard InChI is InChI=1S/C12H11BrClN3O2S/c13-11-9-10(3-4-12(11)14)20(18,19)17(7-1-5-15)8-2-6-16/h3-4,9H,1-2,7-8H2. The van der Waals surface area contributed by atoms with E-state index < -0.39 is 10.0 Å². The highest BCUT2D eigenvalue weighted by molar-refractivity contribution is 9.10. The molecule has 1 rings (SSSR count). The van der Waals surface area contributed by atoms with E-state index in [2.05, 4.69) is 15.9 Å². The third-order valence-corrected chi connectivity index (χ3v) is 5.58. The second-order valence-electron chi connectivity index (χ2n) is 3.80. The van der Waals surface area contributed by atoms with Gasteiger partial charge in [-0.3, -0.25) is 0 Å². The number of hydrogen-bond acceptors (Lipinski definition) is 4. The molecule has 0 saturated heterocycles. The van der Waals surface area contributed by atoms with Crippen LogP contribution in [0, 0.1) is 22.7 Å². The van der Waals surface area contributed by atoms with Crippen LogP contribution in [0.3, 0.4) is 0 Å². The second kappa shape index (κ2) is 7.61. The molecule has 106 valence electrons. The molecule has 0 heterocycles. The van der Waals surface area contributed by atoms with Crippen LogP contribution in [0.25, 0.3) is 0 Å². The largest absolute Gasteiger partial charge is 0.243 e. The molecule has 0 aliphatic carbocycles. The summed E-state index contributed by atoms with van der Waals surface area (Å²) in [5.41, 5.74) is 0. The average molecular weight is 377 g/mol. The normalized spacial score (nSPS) is 11.1. The molecule has 0 saturated carbocycles. The molecule has 0 aliphatic heterocycles.